The standard InChI is InChI=1S/C18H21NO4S2/c1-3-17(14-4-7-16(8-5-14)25(2,22)23)19-18(21)9-6-15-10-13(11-20)12-24-15/h4-10,12,17,20H,3,11H2,1-2H3,(H,19,21)/b9-6+. The molecule has 7 heteroatoms. The van der Waals surface area contributed by atoms with Crippen LogP contribution in [-0.2, 0) is 21.2 Å². The van der Waals surface area contributed by atoms with Crippen LogP contribution in [0.5, 0.6) is 0 Å². The van der Waals surface area contributed by atoms with Gasteiger partial charge in [0.25, 0.3) is 0 Å². The largest absolute Gasteiger partial charge is 0.392 e. The maximum Gasteiger partial charge on any atom is 0.244 e. The lowest BCUT2D eigenvalue weighted by atomic mass is 10.0. The normalized spacial score (nSPS) is 13.1. The third kappa shape index (κ3) is 5.52. The maximum absolute atomic E-state index is 12.1. The van der Waals surface area contributed by atoms with Crippen LogP contribution < -0.4 is 5.32 Å². The second-order valence-electron chi connectivity index (χ2n) is 5.66. The predicted molar refractivity (Wildman–Crippen MR) is 100 cm³/mol. The number of thiophene rings is 1. The first-order valence-electron chi connectivity index (χ1n) is 7.80. The number of rotatable bonds is 7. The summed E-state index contributed by atoms with van der Waals surface area (Å²) in [5.74, 6) is -0.224. The van der Waals surface area contributed by atoms with E-state index in [1.807, 2.05) is 18.4 Å². The lowest BCUT2D eigenvalue weighted by molar-refractivity contribution is -0.117. The Balaban J connectivity index is 2.04. The monoisotopic (exact) mass is 379 g/mol. The minimum absolute atomic E-state index is 0.0160. The van der Waals surface area contributed by atoms with Crippen molar-refractivity contribution in [2.45, 2.75) is 30.9 Å². The molecule has 0 bridgehead atoms. The molecule has 25 heavy (non-hydrogen) atoms. The van der Waals surface area contributed by atoms with Gasteiger partial charge in [0, 0.05) is 17.2 Å². The molecule has 134 valence electrons. The molecular formula is C18H21NO4S2. The van der Waals surface area contributed by atoms with Gasteiger partial charge in [0.1, 0.15) is 0 Å². The lowest BCUT2D eigenvalue weighted by Gasteiger charge is -2.16. The molecule has 2 aromatic rings. The minimum atomic E-state index is -3.23. The van der Waals surface area contributed by atoms with Crippen molar-refractivity contribution in [2.75, 3.05) is 6.26 Å². The van der Waals surface area contributed by atoms with Crippen molar-refractivity contribution in [1.82, 2.24) is 5.32 Å². The van der Waals surface area contributed by atoms with Crippen LogP contribution in [0.15, 0.2) is 46.7 Å². The zero-order chi connectivity index (χ0) is 18.4. The summed E-state index contributed by atoms with van der Waals surface area (Å²) in [4.78, 5) is 13.3. The van der Waals surface area contributed by atoms with Crippen LogP contribution in [0.3, 0.4) is 0 Å². The number of sulfone groups is 1. The van der Waals surface area contributed by atoms with Crippen molar-refractivity contribution in [3.63, 3.8) is 0 Å². The Bertz CT molecular complexity index is 851. The fraction of sp³-hybridized carbons (Fsp3) is 0.278. The molecule has 0 fully saturated rings. The number of carbonyl (C=O) groups is 1. The highest BCUT2D eigenvalue weighted by molar-refractivity contribution is 7.90. The summed E-state index contributed by atoms with van der Waals surface area (Å²) in [7, 11) is -3.23. The first-order chi connectivity index (χ1) is 11.8. The average molecular weight is 380 g/mol. The van der Waals surface area contributed by atoms with Crippen molar-refractivity contribution < 1.29 is 18.3 Å². The van der Waals surface area contributed by atoms with Gasteiger partial charge < -0.3 is 10.4 Å². The fourth-order valence-electron chi connectivity index (χ4n) is 2.31. The minimum Gasteiger partial charge on any atom is -0.392 e. The SMILES string of the molecule is CCC(NC(=O)/C=C/c1cc(CO)cs1)c1ccc(S(C)(=O)=O)cc1. The van der Waals surface area contributed by atoms with Gasteiger partial charge in [0.15, 0.2) is 9.84 Å². The van der Waals surface area contributed by atoms with Crippen molar-refractivity contribution >= 4 is 33.2 Å². The van der Waals surface area contributed by atoms with E-state index in [1.54, 1.807) is 30.3 Å². The van der Waals surface area contributed by atoms with Gasteiger partial charge in [-0.15, -0.1) is 11.3 Å². The van der Waals surface area contributed by atoms with Gasteiger partial charge in [-0.05, 0) is 47.2 Å². The summed E-state index contributed by atoms with van der Waals surface area (Å²) >= 11 is 1.46. The van der Waals surface area contributed by atoms with Gasteiger partial charge in [-0.1, -0.05) is 19.1 Å². The fourth-order valence-corrected chi connectivity index (χ4v) is 3.74. The summed E-state index contributed by atoms with van der Waals surface area (Å²) in [5, 5.41) is 13.8. The van der Waals surface area contributed by atoms with Crippen LogP contribution in [-0.4, -0.2) is 25.7 Å². The van der Waals surface area contributed by atoms with E-state index in [0.717, 1.165) is 16.0 Å². The summed E-state index contributed by atoms with van der Waals surface area (Å²) in [6, 6.07) is 8.19. The Morgan fingerprint density at radius 1 is 1.32 bits per heavy atom. The molecular weight excluding hydrogens is 358 g/mol. The molecule has 2 rings (SSSR count). The van der Waals surface area contributed by atoms with E-state index >= 15 is 0 Å². The summed E-state index contributed by atoms with van der Waals surface area (Å²) in [6.07, 6.45) is 5.02. The second-order valence-corrected chi connectivity index (χ2v) is 8.62. The highest BCUT2D eigenvalue weighted by atomic mass is 32.2. The van der Waals surface area contributed by atoms with Crippen LogP contribution in [0, 0.1) is 0 Å². The van der Waals surface area contributed by atoms with Gasteiger partial charge in [0.05, 0.1) is 17.5 Å². The summed E-state index contributed by atoms with van der Waals surface area (Å²) in [5.41, 5.74) is 1.68. The van der Waals surface area contributed by atoms with Crippen LogP contribution in [0.2, 0.25) is 0 Å². The van der Waals surface area contributed by atoms with E-state index in [-0.39, 0.29) is 23.5 Å². The molecule has 5 nitrogen and oxygen atoms in total. The Hall–Kier alpha value is -1.96. The molecule has 0 radical (unpaired) electrons. The van der Waals surface area contributed by atoms with Gasteiger partial charge in [-0.25, -0.2) is 8.42 Å². The van der Waals surface area contributed by atoms with Gasteiger partial charge >= 0.3 is 0 Å². The number of hydrogen-bond donors (Lipinski definition) is 2. The van der Waals surface area contributed by atoms with Crippen molar-refractivity contribution in [2.24, 2.45) is 0 Å². The number of aliphatic hydroxyl groups is 1. The zero-order valence-corrected chi connectivity index (χ0v) is 15.7. The highest BCUT2D eigenvalue weighted by Crippen LogP contribution is 2.20. The molecule has 0 aliphatic heterocycles. The highest BCUT2D eigenvalue weighted by Gasteiger charge is 2.13. The van der Waals surface area contributed by atoms with E-state index in [9.17, 15) is 13.2 Å². The molecule has 2 N–H and O–H groups in total. The van der Waals surface area contributed by atoms with E-state index in [4.69, 9.17) is 5.11 Å². The van der Waals surface area contributed by atoms with Crippen molar-refractivity contribution in [3.8, 4) is 0 Å². The number of hydrogen-bond acceptors (Lipinski definition) is 5. The van der Waals surface area contributed by atoms with Gasteiger partial charge in [-0.2, -0.15) is 0 Å². The average Bonchev–Trinajstić information content (AvgIpc) is 3.05. The van der Waals surface area contributed by atoms with E-state index in [2.05, 4.69) is 5.32 Å². The first-order valence-corrected chi connectivity index (χ1v) is 10.6. The van der Waals surface area contributed by atoms with Gasteiger partial charge in [0.2, 0.25) is 5.91 Å². The quantitative estimate of drug-likeness (QED) is 0.725. The van der Waals surface area contributed by atoms with Crippen LogP contribution in [0.1, 0.15) is 35.4 Å². The van der Waals surface area contributed by atoms with Crippen molar-refractivity contribution in [3.05, 3.63) is 57.8 Å². The van der Waals surface area contributed by atoms with Crippen molar-refractivity contribution in [1.29, 1.82) is 0 Å². The molecule has 1 atom stereocenters. The molecule has 0 aliphatic rings. The molecule has 0 saturated heterocycles. The van der Waals surface area contributed by atoms with E-state index in [1.165, 1.54) is 23.7 Å². The first kappa shape index (κ1) is 19.4. The molecule has 1 aromatic heterocycles. The molecule has 1 amide bonds. The van der Waals surface area contributed by atoms with E-state index in [0.29, 0.717) is 6.42 Å². The van der Waals surface area contributed by atoms with Crippen LogP contribution in [0.25, 0.3) is 6.08 Å². The lowest BCUT2D eigenvalue weighted by Crippen LogP contribution is -2.26. The van der Waals surface area contributed by atoms with E-state index < -0.39 is 9.84 Å². The third-order valence-corrected chi connectivity index (χ3v) is 5.77. The summed E-state index contributed by atoms with van der Waals surface area (Å²) in [6.45, 7) is 1.93. The smallest absolute Gasteiger partial charge is 0.244 e. The zero-order valence-electron chi connectivity index (χ0n) is 14.1. The summed E-state index contributed by atoms with van der Waals surface area (Å²) < 4.78 is 23.0. The predicted octanol–water partition coefficient (Wildman–Crippen LogP) is 2.92. The molecule has 1 aromatic carbocycles. The second kappa shape index (κ2) is 8.42. The Kier molecular flexibility index (Phi) is 6.52. The number of amides is 1. The molecule has 0 aliphatic carbocycles. The molecule has 1 unspecified atom stereocenters. The Morgan fingerprint density at radius 2 is 2.00 bits per heavy atom. The van der Waals surface area contributed by atoms with Gasteiger partial charge in [-0.3, -0.25) is 4.79 Å². The van der Waals surface area contributed by atoms with Crippen LogP contribution >= 0.6 is 11.3 Å². The number of nitrogens with one attached hydrogen (secondary N) is 1. The topological polar surface area (TPSA) is 83.5 Å². The molecule has 1 heterocycles. The Labute approximate surface area is 151 Å². The number of aliphatic hydroxyl groups excluding tert-OH is 1. The third-order valence-electron chi connectivity index (χ3n) is 3.69. The Morgan fingerprint density at radius 3 is 2.52 bits per heavy atom. The van der Waals surface area contributed by atoms with Crippen LogP contribution in [0.4, 0.5) is 0 Å². The maximum atomic E-state index is 12.1. The number of benzene rings is 1. The molecule has 0 spiro atoms. The number of carbonyl (C=O) groups excluding carboxylic acids is 1. The molecule has 0 saturated carbocycles.